The summed E-state index contributed by atoms with van der Waals surface area (Å²) in [7, 11) is 0. The molecule has 0 radical (unpaired) electrons. The molecule has 4 aliphatic carbocycles. The summed E-state index contributed by atoms with van der Waals surface area (Å²) >= 11 is 0. The Morgan fingerprint density at radius 2 is 1.85 bits per heavy atom. The fourth-order valence-electron chi connectivity index (χ4n) is 6.68. The zero-order valence-electron chi connectivity index (χ0n) is 13.3. The van der Waals surface area contributed by atoms with Crippen molar-refractivity contribution in [3.8, 4) is 0 Å². The number of hydrogen-bond donors (Lipinski definition) is 1. The first kappa shape index (κ1) is 13.4. The summed E-state index contributed by atoms with van der Waals surface area (Å²) in [6.45, 7) is 4.90. The highest BCUT2D eigenvalue weighted by atomic mass is 16.3. The van der Waals surface area contributed by atoms with E-state index in [1.807, 2.05) is 0 Å². The zero-order valence-corrected chi connectivity index (χ0v) is 13.3. The highest BCUT2D eigenvalue weighted by Gasteiger charge is 2.63. The topological polar surface area (TPSA) is 20.2 Å². The van der Waals surface area contributed by atoms with Crippen LogP contribution in [-0.4, -0.2) is 10.7 Å². The molecule has 0 amide bonds. The smallest absolute Gasteiger partial charge is 0.0769 e. The molecule has 0 spiro atoms. The molecule has 4 aliphatic rings. The van der Waals surface area contributed by atoms with Gasteiger partial charge in [-0.15, -0.1) is 0 Å². The van der Waals surface area contributed by atoms with E-state index >= 15 is 0 Å². The SMILES string of the molecule is C[C@@]12CCC[C@H]1[C@@H]1CCC3=CCCC[C@]3(C)[C@]1(O)CC2. The Labute approximate surface area is 123 Å². The summed E-state index contributed by atoms with van der Waals surface area (Å²) in [5.41, 5.74) is 1.84. The van der Waals surface area contributed by atoms with Gasteiger partial charge in [-0.2, -0.15) is 0 Å². The van der Waals surface area contributed by atoms with Crippen LogP contribution in [0.5, 0.6) is 0 Å². The summed E-state index contributed by atoms with van der Waals surface area (Å²) in [5, 5.41) is 11.8. The fourth-order valence-corrected chi connectivity index (χ4v) is 6.68. The van der Waals surface area contributed by atoms with Crippen molar-refractivity contribution < 1.29 is 5.11 Å². The van der Waals surface area contributed by atoms with Gasteiger partial charge in [0.05, 0.1) is 5.60 Å². The molecule has 5 atom stereocenters. The van der Waals surface area contributed by atoms with E-state index in [0.29, 0.717) is 11.3 Å². The minimum Gasteiger partial charge on any atom is -0.389 e. The van der Waals surface area contributed by atoms with Crippen LogP contribution in [0, 0.1) is 22.7 Å². The van der Waals surface area contributed by atoms with Crippen molar-refractivity contribution in [3.05, 3.63) is 11.6 Å². The Bertz CT molecular complexity index is 453. The Balaban J connectivity index is 1.76. The molecule has 3 saturated carbocycles. The summed E-state index contributed by atoms with van der Waals surface area (Å²) in [5.74, 6) is 1.37. The van der Waals surface area contributed by atoms with E-state index in [9.17, 15) is 5.11 Å². The molecular weight excluding hydrogens is 244 g/mol. The Morgan fingerprint density at radius 3 is 2.70 bits per heavy atom. The molecular formula is C19H30O. The zero-order chi connectivity index (χ0) is 14.0. The van der Waals surface area contributed by atoms with Gasteiger partial charge < -0.3 is 5.11 Å². The summed E-state index contributed by atoms with van der Waals surface area (Å²) in [4.78, 5) is 0. The third kappa shape index (κ3) is 1.48. The van der Waals surface area contributed by atoms with Crippen molar-refractivity contribution in [2.75, 3.05) is 0 Å². The quantitative estimate of drug-likeness (QED) is 0.626. The Morgan fingerprint density at radius 1 is 1.00 bits per heavy atom. The molecule has 112 valence electrons. The highest BCUT2D eigenvalue weighted by Crippen LogP contribution is 2.66. The Hall–Kier alpha value is -0.300. The Kier molecular flexibility index (Phi) is 2.76. The van der Waals surface area contributed by atoms with E-state index in [-0.39, 0.29) is 5.41 Å². The minimum absolute atomic E-state index is 0.0953. The van der Waals surface area contributed by atoms with Crippen molar-refractivity contribution in [1.82, 2.24) is 0 Å². The van der Waals surface area contributed by atoms with Gasteiger partial charge in [-0.3, -0.25) is 0 Å². The van der Waals surface area contributed by atoms with Gasteiger partial charge >= 0.3 is 0 Å². The predicted molar refractivity (Wildman–Crippen MR) is 82.4 cm³/mol. The molecule has 0 bridgehead atoms. The summed E-state index contributed by atoms with van der Waals surface area (Å²) in [6, 6.07) is 0. The normalized spacial score (nSPS) is 54.6. The van der Waals surface area contributed by atoms with Gasteiger partial charge in [0, 0.05) is 5.41 Å². The van der Waals surface area contributed by atoms with Gasteiger partial charge in [0.15, 0.2) is 0 Å². The van der Waals surface area contributed by atoms with Gasteiger partial charge in [0.1, 0.15) is 0 Å². The number of aliphatic hydroxyl groups is 1. The lowest BCUT2D eigenvalue weighted by molar-refractivity contribution is -0.187. The van der Waals surface area contributed by atoms with Crippen molar-refractivity contribution in [2.24, 2.45) is 22.7 Å². The van der Waals surface area contributed by atoms with Crippen LogP contribution in [0.3, 0.4) is 0 Å². The van der Waals surface area contributed by atoms with Crippen molar-refractivity contribution in [3.63, 3.8) is 0 Å². The van der Waals surface area contributed by atoms with Gasteiger partial charge in [-0.25, -0.2) is 0 Å². The maximum absolute atomic E-state index is 11.8. The third-order valence-electron chi connectivity index (χ3n) is 8.00. The summed E-state index contributed by atoms with van der Waals surface area (Å²) < 4.78 is 0. The molecule has 1 heteroatoms. The van der Waals surface area contributed by atoms with Crippen LogP contribution in [0.15, 0.2) is 11.6 Å². The van der Waals surface area contributed by atoms with Crippen LogP contribution in [0.2, 0.25) is 0 Å². The van der Waals surface area contributed by atoms with E-state index in [1.54, 1.807) is 5.57 Å². The van der Waals surface area contributed by atoms with E-state index in [2.05, 4.69) is 19.9 Å². The van der Waals surface area contributed by atoms with Crippen molar-refractivity contribution in [1.29, 1.82) is 0 Å². The van der Waals surface area contributed by atoms with Gasteiger partial charge in [0.25, 0.3) is 0 Å². The average Bonchev–Trinajstić information content (AvgIpc) is 2.81. The molecule has 0 heterocycles. The van der Waals surface area contributed by atoms with E-state index < -0.39 is 5.60 Å². The van der Waals surface area contributed by atoms with Gasteiger partial charge in [-0.05, 0) is 75.0 Å². The standard InChI is InChI=1S/C19H30O/c1-17-10-5-7-15(17)16-9-8-14-6-3-4-11-18(14,2)19(16,20)13-12-17/h6,15-16,20H,3-5,7-13H2,1-2H3/t15-,16-,17-,18-,19-/m0/s1. The van der Waals surface area contributed by atoms with Gasteiger partial charge in [-0.1, -0.05) is 31.9 Å². The second-order valence-electron chi connectivity index (χ2n) is 8.68. The predicted octanol–water partition coefficient (Wildman–Crippen LogP) is 4.84. The third-order valence-corrected chi connectivity index (χ3v) is 8.00. The molecule has 0 unspecified atom stereocenters. The van der Waals surface area contributed by atoms with Crippen LogP contribution in [-0.2, 0) is 0 Å². The molecule has 1 nitrogen and oxygen atoms in total. The highest BCUT2D eigenvalue weighted by molar-refractivity contribution is 5.28. The lowest BCUT2D eigenvalue weighted by Crippen LogP contribution is -2.62. The first-order valence-electron chi connectivity index (χ1n) is 8.92. The van der Waals surface area contributed by atoms with Crippen LogP contribution in [0.1, 0.15) is 78.1 Å². The molecule has 3 fully saturated rings. The summed E-state index contributed by atoms with van der Waals surface area (Å²) in [6.07, 6.45) is 15.2. The molecule has 0 aromatic heterocycles. The van der Waals surface area contributed by atoms with E-state index in [0.717, 1.165) is 12.3 Å². The maximum atomic E-state index is 11.8. The van der Waals surface area contributed by atoms with Crippen LogP contribution >= 0.6 is 0 Å². The molecule has 0 aromatic carbocycles. The number of hydrogen-bond acceptors (Lipinski definition) is 1. The lowest BCUT2D eigenvalue weighted by atomic mass is 9.45. The van der Waals surface area contributed by atoms with Gasteiger partial charge in [0.2, 0.25) is 0 Å². The average molecular weight is 274 g/mol. The van der Waals surface area contributed by atoms with Crippen LogP contribution < -0.4 is 0 Å². The second-order valence-corrected chi connectivity index (χ2v) is 8.68. The van der Waals surface area contributed by atoms with E-state index in [1.165, 1.54) is 57.8 Å². The second kappa shape index (κ2) is 4.12. The largest absolute Gasteiger partial charge is 0.389 e. The molecule has 0 saturated heterocycles. The molecule has 1 N–H and O–H groups in total. The molecule has 20 heavy (non-hydrogen) atoms. The molecule has 4 rings (SSSR count). The number of rotatable bonds is 0. The minimum atomic E-state index is -0.397. The first-order chi connectivity index (χ1) is 9.50. The number of fused-ring (bicyclic) bond motifs is 5. The van der Waals surface area contributed by atoms with Crippen molar-refractivity contribution >= 4 is 0 Å². The monoisotopic (exact) mass is 274 g/mol. The van der Waals surface area contributed by atoms with Crippen molar-refractivity contribution in [2.45, 2.75) is 83.7 Å². The van der Waals surface area contributed by atoms with Crippen LogP contribution in [0.25, 0.3) is 0 Å². The fraction of sp³-hybridized carbons (Fsp3) is 0.895. The first-order valence-corrected chi connectivity index (χ1v) is 8.92. The lowest BCUT2D eigenvalue weighted by Gasteiger charge is -2.62. The van der Waals surface area contributed by atoms with E-state index in [4.69, 9.17) is 0 Å². The number of allylic oxidation sites excluding steroid dienone is 1. The maximum Gasteiger partial charge on any atom is 0.0769 e. The van der Waals surface area contributed by atoms with Crippen LogP contribution in [0.4, 0.5) is 0 Å². The molecule has 0 aliphatic heterocycles. The molecule has 0 aromatic rings.